The fraction of sp³-hybridized carbons (Fsp3) is 0.286. The van der Waals surface area contributed by atoms with Crippen molar-refractivity contribution >= 4 is 32.7 Å². The Morgan fingerprint density at radius 1 is 1.08 bits per heavy atom. The van der Waals surface area contributed by atoms with Crippen molar-refractivity contribution in [3.8, 4) is 0 Å². The number of hydrogen-bond acceptors (Lipinski definition) is 2. The van der Waals surface area contributed by atoms with Gasteiger partial charge in [0.05, 0.1) is 5.52 Å². The molecule has 0 saturated carbocycles. The molecule has 0 bridgehead atoms. The Hall–Kier alpha value is -2.59. The third-order valence-corrected chi connectivity index (χ3v) is 4.97. The molecule has 4 aromatic rings. The van der Waals surface area contributed by atoms with Crippen LogP contribution in [0.25, 0.3) is 32.7 Å². The van der Waals surface area contributed by atoms with E-state index in [-0.39, 0.29) is 5.56 Å². The Morgan fingerprint density at radius 2 is 1.88 bits per heavy atom. The molecular weight excluding hydrogens is 310 g/mol. The summed E-state index contributed by atoms with van der Waals surface area (Å²) in [5.41, 5.74) is 4.09. The number of benzene rings is 2. The van der Waals surface area contributed by atoms with Crippen molar-refractivity contribution in [3.05, 3.63) is 58.4 Å². The molecule has 2 heterocycles. The zero-order valence-corrected chi connectivity index (χ0v) is 15.0. The van der Waals surface area contributed by atoms with Crippen molar-refractivity contribution in [1.29, 1.82) is 0 Å². The van der Waals surface area contributed by atoms with E-state index in [2.05, 4.69) is 41.1 Å². The monoisotopic (exact) mass is 333 g/mol. The van der Waals surface area contributed by atoms with Crippen LogP contribution in [0, 0.1) is 0 Å². The minimum Gasteiger partial charge on any atom is -0.350 e. The van der Waals surface area contributed by atoms with Crippen LogP contribution in [-0.2, 0) is 13.0 Å². The maximum absolute atomic E-state index is 13.2. The maximum Gasteiger partial charge on any atom is 0.275 e. The Morgan fingerprint density at radius 3 is 2.64 bits per heavy atom. The number of likely N-dealkylation sites (N-methyl/N-ethyl adjacent to an activating group) is 1. The molecule has 128 valence electrons. The first kappa shape index (κ1) is 15.9. The molecule has 0 aliphatic heterocycles. The van der Waals surface area contributed by atoms with E-state index in [1.165, 1.54) is 5.56 Å². The van der Waals surface area contributed by atoms with Crippen LogP contribution in [-0.4, -0.2) is 35.1 Å². The van der Waals surface area contributed by atoms with E-state index in [0.29, 0.717) is 12.1 Å². The highest BCUT2D eigenvalue weighted by atomic mass is 16.1. The van der Waals surface area contributed by atoms with Crippen molar-refractivity contribution in [3.63, 3.8) is 0 Å². The van der Waals surface area contributed by atoms with Gasteiger partial charge < -0.3 is 14.5 Å². The zero-order chi connectivity index (χ0) is 17.6. The lowest BCUT2D eigenvalue weighted by molar-refractivity contribution is 0.384. The second kappa shape index (κ2) is 6.05. The summed E-state index contributed by atoms with van der Waals surface area (Å²) in [5.74, 6) is 0. The summed E-state index contributed by atoms with van der Waals surface area (Å²) < 4.78 is 1.90. The fourth-order valence-corrected chi connectivity index (χ4v) is 3.59. The second-order valence-corrected chi connectivity index (χ2v) is 6.89. The summed E-state index contributed by atoms with van der Waals surface area (Å²) >= 11 is 0. The first-order chi connectivity index (χ1) is 12.1. The van der Waals surface area contributed by atoms with E-state index in [0.717, 1.165) is 40.2 Å². The molecule has 0 atom stereocenters. The lowest BCUT2D eigenvalue weighted by atomic mass is 10.0. The molecule has 0 radical (unpaired) electrons. The first-order valence-electron chi connectivity index (χ1n) is 8.80. The Balaban J connectivity index is 2.13. The van der Waals surface area contributed by atoms with E-state index in [1.54, 1.807) is 0 Å². The summed E-state index contributed by atoms with van der Waals surface area (Å²) in [5, 5.41) is 3.32. The minimum atomic E-state index is 0.0600. The van der Waals surface area contributed by atoms with Crippen LogP contribution in [0.2, 0.25) is 0 Å². The standard InChI is InChI=1S/C21H23N3O/c1-4-14-9-10-17-16(13-14)19-15-7-5-6-8-18(15)24(12-11-23(2)3)21(25)20(19)22-17/h5-10,13,22H,4,11-12H2,1-3H3. The van der Waals surface area contributed by atoms with Gasteiger partial charge in [0.25, 0.3) is 5.56 Å². The van der Waals surface area contributed by atoms with E-state index in [4.69, 9.17) is 0 Å². The number of nitrogens with zero attached hydrogens (tertiary/aromatic N) is 2. The van der Waals surface area contributed by atoms with Gasteiger partial charge in [-0.3, -0.25) is 4.79 Å². The third-order valence-electron chi connectivity index (χ3n) is 4.97. The maximum atomic E-state index is 13.2. The van der Waals surface area contributed by atoms with Gasteiger partial charge in [-0.2, -0.15) is 0 Å². The second-order valence-electron chi connectivity index (χ2n) is 6.89. The zero-order valence-electron chi connectivity index (χ0n) is 15.0. The average Bonchev–Trinajstić information content (AvgIpc) is 3.00. The Kier molecular flexibility index (Phi) is 3.85. The number of para-hydroxylation sites is 1. The summed E-state index contributed by atoms with van der Waals surface area (Å²) in [6.07, 6.45) is 0.987. The van der Waals surface area contributed by atoms with Gasteiger partial charge in [0.2, 0.25) is 0 Å². The number of hydrogen-bond donors (Lipinski definition) is 1. The number of rotatable bonds is 4. The number of aryl methyl sites for hydroxylation is 1. The highest BCUT2D eigenvalue weighted by Crippen LogP contribution is 2.31. The first-order valence-corrected chi connectivity index (χ1v) is 8.80. The summed E-state index contributed by atoms with van der Waals surface area (Å²) in [4.78, 5) is 18.7. The number of fused-ring (bicyclic) bond motifs is 5. The molecule has 0 unspecified atom stereocenters. The quantitative estimate of drug-likeness (QED) is 0.618. The SMILES string of the molecule is CCc1ccc2[nH]c3c(=O)n(CCN(C)C)c4ccccc4c3c2c1. The predicted octanol–water partition coefficient (Wildman–Crippen LogP) is 3.76. The summed E-state index contributed by atoms with van der Waals surface area (Å²) in [7, 11) is 4.06. The molecule has 0 amide bonds. The summed E-state index contributed by atoms with van der Waals surface area (Å²) in [6.45, 7) is 3.66. The van der Waals surface area contributed by atoms with Gasteiger partial charge in [0.15, 0.2) is 0 Å². The molecule has 1 N–H and O–H groups in total. The molecule has 0 fully saturated rings. The molecule has 0 spiro atoms. The van der Waals surface area contributed by atoms with E-state index < -0.39 is 0 Å². The van der Waals surface area contributed by atoms with Gasteiger partial charge in [0.1, 0.15) is 5.52 Å². The van der Waals surface area contributed by atoms with Crippen molar-refractivity contribution < 1.29 is 0 Å². The highest BCUT2D eigenvalue weighted by Gasteiger charge is 2.15. The van der Waals surface area contributed by atoms with Crippen molar-refractivity contribution in [1.82, 2.24) is 14.5 Å². The lowest BCUT2D eigenvalue weighted by Gasteiger charge is -2.14. The third kappa shape index (κ3) is 2.53. The van der Waals surface area contributed by atoms with E-state index in [1.807, 2.05) is 36.9 Å². The molecule has 0 aliphatic carbocycles. The Bertz CT molecular complexity index is 1130. The average molecular weight is 333 g/mol. The van der Waals surface area contributed by atoms with Gasteiger partial charge in [0, 0.05) is 34.8 Å². The molecule has 4 nitrogen and oxygen atoms in total. The van der Waals surface area contributed by atoms with Gasteiger partial charge in [-0.25, -0.2) is 0 Å². The number of aromatic nitrogens is 2. The summed E-state index contributed by atoms with van der Waals surface area (Å²) in [6, 6.07) is 14.7. The van der Waals surface area contributed by atoms with Crippen LogP contribution in [0.1, 0.15) is 12.5 Å². The topological polar surface area (TPSA) is 41.0 Å². The number of pyridine rings is 1. The number of H-pyrrole nitrogens is 1. The number of nitrogens with one attached hydrogen (secondary N) is 1. The molecule has 4 rings (SSSR count). The molecule has 0 saturated heterocycles. The van der Waals surface area contributed by atoms with E-state index >= 15 is 0 Å². The fourth-order valence-electron chi connectivity index (χ4n) is 3.59. The molecular formula is C21H23N3O. The lowest BCUT2D eigenvalue weighted by Crippen LogP contribution is -2.27. The smallest absolute Gasteiger partial charge is 0.275 e. The predicted molar refractivity (Wildman–Crippen MR) is 106 cm³/mol. The van der Waals surface area contributed by atoms with Crippen LogP contribution in [0.5, 0.6) is 0 Å². The van der Waals surface area contributed by atoms with Crippen molar-refractivity contribution in [2.75, 3.05) is 20.6 Å². The van der Waals surface area contributed by atoms with Crippen molar-refractivity contribution in [2.24, 2.45) is 0 Å². The normalized spacial score (nSPS) is 12.0. The van der Waals surface area contributed by atoms with Gasteiger partial charge in [-0.05, 0) is 44.3 Å². The minimum absolute atomic E-state index is 0.0600. The van der Waals surface area contributed by atoms with Gasteiger partial charge in [-0.1, -0.05) is 31.2 Å². The molecule has 2 aromatic carbocycles. The number of aromatic amines is 1. The molecule has 25 heavy (non-hydrogen) atoms. The van der Waals surface area contributed by atoms with Crippen LogP contribution in [0.3, 0.4) is 0 Å². The molecule has 4 heteroatoms. The van der Waals surface area contributed by atoms with Crippen LogP contribution in [0.15, 0.2) is 47.3 Å². The Labute approximate surface area is 146 Å². The van der Waals surface area contributed by atoms with Crippen molar-refractivity contribution in [2.45, 2.75) is 19.9 Å². The van der Waals surface area contributed by atoms with Gasteiger partial charge in [-0.15, -0.1) is 0 Å². The van der Waals surface area contributed by atoms with Crippen LogP contribution < -0.4 is 5.56 Å². The molecule has 0 aliphatic rings. The molecule has 2 aromatic heterocycles. The van der Waals surface area contributed by atoms with E-state index in [9.17, 15) is 4.79 Å². The van der Waals surface area contributed by atoms with Gasteiger partial charge >= 0.3 is 0 Å². The van der Waals surface area contributed by atoms with Crippen LogP contribution >= 0.6 is 0 Å². The highest BCUT2D eigenvalue weighted by molar-refractivity contribution is 6.19. The van der Waals surface area contributed by atoms with Crippen LogP contribution in [0.4, 0.5) is 0 Å². The largest absolute Gasteiger partial charge is 0.350 e.